The molecule has 0 atom stereocenters. The molecule has 0 aliphatic carbocycles. The van der Waals surface area contributed by atoms with Crippen LogP contribution >= 0.6 is 0 Å². The van der Waals surface area contributed by atoms with E-state index in [9.17, 15) is 14.9 Å². The van der Waals surface area contributed by atoms with Crippen molar-refractivity contribution < 1.29 is 4.92 Å². The smallest absolute Gasteiger partial charge is 0.270 e. The summed E-state index contributed by atoms with van der Waals surface area (Å²) >= 11 is 0. The molecular formula is C19H12N2O3. The SMILES string of the molecule is O=c1ccc2cc([N+](=O)[O-])cc(-c3cccc4ccccc34)c2[nH]1. The molecule has 0 amide bonds. The number of hydrogen-bond donors (Lipinski definition) is 1. The van der Waals surface area contributed by atoms with E-state index < -0.39 is 4.92 Å². The van der Waals surface area contributed by atoms with E-state index in [1.54, 1.807) is 6.07 Å². The second kappa shape index (κ2) is 5.31. The van der Waals surface area contributed by atoms with Gasteiger partial charge in [0, 0.05) is 29.1 Å². The Labute approximate surface area is 136 Å². The Kier molecular flexibility index (Phi) is 3.13. The third-order valence-electron chi connectivity index (χ3n) is 4.11. The molecule has 0 saturated heterocycles. The number of benzene rings is 3. The lowest BCUT2D eigenvalue weighted by Gasteiger charge is -2.10. The van der Waals surface area contributed by atoms with Crippen molar-refractivity contribution >= 4 is 27.4 Å². The third-order valence-corrected chi connectivity index (χ3v) is 4.11. The maximum absolute atomic E-state index is 11.8. The van der Waals surface area contributed by atoms with Crippen LogP contribution in [0.2, 0.25) is 0 Å². The number of H-pyrrole nitrogens is 1. The van der Waals surface area contributed by atoms with Gasteiger partial charge in [0.25, 0.3) is 5.69 Å². The van der Waals surface area contributed by atoms with Gasteiger partial charge < -0.3 is 4.98 Å². The number of aromatic nitrogens is 1. The Hall–Kier alpha value is -3.47. The van der Waals surface area contributed by atoms with Crippen molar-refractivity contribution in [1.29, 1.82) is 0 Å². The van der Waals surface area contributed by atoms with Gasteiger partial charge in [-0.15, -0.1) is 0 Å². The van der Waals surface area contributed by atoms with E-state index in [2.05, 4.69) is 4.98 Å². The van der Waals surface area contributed by atoms with E-state index in [1.807, 2.05) is 42.5 Å². The van der Waals surface area contributed by atoms with Gasteiger partial charge in [0.15, 0.2) is 0 Å². The first-order valence-electron chi connectivity index (χ1n) is 7.43. The Morgan fingerprint density at radius 1 is 0.833 bits per heavy atom. The average molecular weight is 316 g/mol. The Morgan fingerprint density at radius 3 is 2.46 bits per heavy atom. The number of nitrogens with zero attached hydrogens (tertiary/aromatic N) is 1. The van der Waals surface area contributed by atoms with Crippen molar-refractivity contribution in [3.8, 4) is 11.1 Å². The van der Waals surface area contributed by atoms with E-state index in [0.29, 0.717) is 16.5 Å². The molecule has 116 valence electrons. The highest BCUT2D eigenvalue weighted by Gasteiger charge is 2.15. The number of nitro benzene ring substituents is 1. The summed E-state index contributed by atoms with van der Waals surface area (Å²) in [4.78, 5) is 25.4. The van der Waals surface area contributed by atoms with Crippen LogP contribution in [0.15, 0.2) is 71.5 Å². The molecule has 1 N–H and O–H groups in total. The first kappa shape index (κ1) is 14.1. The zero-order valence-corrected chi connectivity index (χ0v) is 12.5. The minimum absolute atomic E-state index is 0.00233. The molecule has 5 heteroatoms. The van der Waals surface area contributed by atoms with Crippen molar-refractivity contribution in [3.63, 3.8) is 0 Å². The number of aromatic amines is 1. The highest BCUT2D eigenvalue weighted by Crippen LogP contribution is 2.35. The number of nitrogens with one attached hydrogen (secondary N) is 1. The van der Waals surface area contributed by atoms with Crippen LogP contribution in [0.25, 0.3) is 32.8 Å². The maximum Gasteiger partial charge on any atom is 0.270 e. The summed E-state index contributed by atoms with van der Waals surface area (Å²) in [5.41, 5.74) is 1.86. The second-order valence-corrected chi connectivity index (χ2v) is 5.56. The van der Waals surface area contributed by atoms with E-state index in [1.165, 1.54) is 18.2 Å². The zero-order chi connectivity index (χ0) is 16.7. The van der Waals surface area contributed by atoms with Gasteiger partial charge in [-0.2, -0.15) is 0 Å². The van der Waals surface area contributed by atoms with Crippen LogP contribution in [0, 0.1) is 10.1 Å². The number of pyridine rings is 1. The van der Waals surface area contributed by atoms with E-state index in [0.717, 1.165) is 16.3 Å². The molecule has 0 unspecified atom stereocenters. The number of nitro groups is 1. The molecule has 0 fully saturated rings. The van der Waals surface area contributed by atoms with Crippen molar-refractivity contribution in [2.75, 3.05) is 0 Å². The number of non-ortho nitro benzene ring substituents is 1. The van der Waals surface area contributed by atoms with Crippen LogP contribution in [0.5, 0.6) is 0 Å². The van der Waals surface area contributed by atoms with Gasteiger partial charge in [0.2, 0.25) is 5.56 Å². The van der Waals surface area contributed by atoms with Crippen LogP contribution in [0.3, 0.4) is 0 Å². The summed E-state index contributed by atoms with van der Waals surface area (Å²) < 4.78 is 0. The summed E-state index contributed by atoms with van der Waals surface area (Å²) in [5, 5.41) is 13.9. The largest absolute Gasteiger partial charge is 0.321 e. The van der Waals surface area contributed by atoms with E-state index >= 15 is 0 Å². The van der Waals surface area contributed by atoms with E-state index in [4.69, 9.17) is 0 Å². The predicted molar refractivity (Wildman–Crippen MR) is 94.2 cm³/mol. The van der Waals surface area contributed by atoms with Crippen LogP contribution in [0.1, 0.15) is 0 Å². The molecule has 4 aromatic rings. The average Bonchev–Trinajstić information content (AvgIpc) is 2.60. The van der Waals surface area contributed by atoms with Gasteiger partial charge in [-0.1, -0.05) is 42.5 Å². The Balaban J connectivity index is 2.16. The topological polar surface area (TPSA) is 76.0 Å². The monoisotopic (exact) mass is 316 g/mol. The van der Waals surface area contributed by atoms with Crippen LogP contribution in [-0.2, 0) is 0 Å². The predicted octanol–water partition coefficient (Wildman–Crippen LogP) is 4.26. The minimum atomic E-state index is -0.417. The third kappa shape index (κ3) is 2.23. The number of rotatable bonds is 2. The highest BCUT2D eigenvalue weighted by atomic mass is 16.6. The molecule has 0 saturated carbocycles. The van der Waals surface area contributed by atoms with Crippen molar-refractivity contribution in [3.05, 3.63) is 87.2 Å². The maximum atomic E-state index is 11.8. The molecule has 0 radical (unpaired) electrons. The molecule has 0 bridgehead atoms. The molecule has 0 aliphatic rings. The Morgan fingerprint density at radius 2 is 1.62 bits per heavy atom. The molecule has 3 aromatic carbocycles. The van der Waals surface area contributed by atoms with E-state index in [-0.39, 0.29) is 11.2 Å². The lowest BCUT2D eigenvalue weighted by Crippen LogP contribution is -2.04. The zero-order valence-electron chi connectivity index (χ0n) is 12.5. The summed E-state index contributed by atoms with van der Waals surface area (Å²) in [6.07, 6.45) is 0. The molecule has 5 nitrogen and oxygen atoms in total. The first-order valence-corrected chi connectivity index (χ1v) is 7.43. The van der Waals surface area contributed by atoms with Crippen molar-refractivity contribution in [2.45, 2.75) is 0 Å². The van der Waals surface area contributed by atoms with Crippen LogP contribution in [0.4, 0.5) is 5.69 Å². The number of hydrogen-bond acceptors (Lipinski definition) is 3. The Bertz CT molecular complexity index is 1160. The standard InChI is InChI=1S/C19H12N2O3/c22-18-9-8-13-10-14(21(23)24)11-17(19(13)20-18)16-7-3-5-12-4-1-2-6-15(12)16/h1-11H,(H,20,22). The van der Waals surface area contributed by atoms with Gasteiger partial charge in [-0.05, 0) is 22.4 Å². The second-order valence-electron chi connectivity index (χ2n) is 5.56. The molecule has 1 heterocycles. The summed E-state index contributed by atoms with van der Waals surface area (Å²) in [7, 11) is 0. The summed E-state index contributed by atoms with van der Waals surface area (Å²) in [6, 6.07) is 19.6. The fourth-order valence-corrected chi connectivity index (χ4v) is 3.03. The summed E-state index contributed by atoms with van der Waals surface area (Å²) in [5.74, 6) is 0. The summed E-state index contributed by atoms with van der Waals surface area (Å²) in [6.45, 7) is 0. The fourth-order valence-electron chi connectivity index (χ4n) is 3.03. The highest BCUT2D eigenvalue weighted by molar-refractivity contribution is 6.04. The van der Waals surface area contributed by atoms with Crippen LogP contribution < -0.4 is 5.56 Å². The molecule has 4 rings (SSSR count). The van der Waals surface area contributed by atoms with Gasteiger partial charge in [-0.25, -0.2) is 0 Å². The minimum Gasteiger partial charge on any atom is -0.321 e. The lowest BCUT2D eigenvalue weighted by molar-refractivity contribution is -0.384. The van der Waals surface area contributed by atoms with Gasteiger partial charge in [0.05, 0.1) is 10.4 Å². The molecule has 0 spiro atoms. The molecular weight excluding hydrogens is 304 g/mol. The molecule has 24 heavy (non-hydrogen) atoms. The fraction of sp³-hybridized carbons (Fsp3) is 0. The first-order chi connectivity index (χ1) is 11.6. The number of fused-ring (bicyclic) bond motifs is 2. The van der Waals surface area contributed by atoms with Crippen LogP contribution in [-0.4, -0.2) is 9.91 Å². The van der Waals surface area contributed by atoms with Gasteiger partial charge in [-0.3, -0.25) is 14.9 Å². The van der Waals surface area contributed by atoms with Gasteiger partial charge >= 0.3 is 0 Å². The van der Waals surface area contributed by atoms with Gasteiger partial charge in [0.1, 0.15) is 0 Å². The molecule has 0 aliphatic heterocycles. The van der Waals surface area contributed by atoms with Crippen molar-refractivity contribution in [1.82, 2.24) is 4.98 Å². The lowest BCUT2D eigenvalue weighted by atomic mass is 9.96. The quantitative estimate of drug-likeness (QED) is 0.443. The van der Waals surface area contributed by atoms with Crippen molar-refractivity contribution in [2.24, 2.45) is 0 Å². The molecule has 1 aromatic heterocycles. The normalized spacial score (nSPS) is 11.0.